The minimum absolute atomic E-state index is 0.775. The Kier molecular flexibility index (Phi) is 3.29. The molecule has 0 spiro atoms. The molecule has 78 valence electrons. The lowest BCUT2D eigenvalue weighted by Gasteiger charge is -2.25. The zero-order chi connectivity index (χ0) is 10.8. The molecular weight excluding hydrogens is 176 g/mol. The molecule has 1 atom stereocenters. The zero-order valence-electron chi connectivity index (χ0n) is 8.99. The Hall–Kier alpha value is -0.860. The van der Waals surface area contributed by atoms with Gasteiger partial charge in [0, 0.05) is 0 Å². The van der Waals surface area contributed by atoms with Crippen molar-refractivity contribution < 1.29 is 10.2 Å². The maximum Gasteiger partial charge on any atom is 0.107 e. The summed E-state index contributed by atoms with van der Waals surface area (Å²) < 4.78 is 0. The molecule has 1 aromatic rings. The predicted molar refractivity (Wildman–Crippen MR) is 57.1 cm³/mol. The van der Waals surface area contributed by atoms with E-state index in [1.54, 1.807) is 13.8 Å². The molecular formula is C12H18O2. The molecule has 0 aliphatic rings. The van der Waals surface area contributed by atoms with E-state index in [1.165, 1.54) is 5.56 Å². The van der Waals surface area contributed by atoms with Crippen molar-refractivity contribution in [2.45, 2.75) is 38.9 Å². The lowest BCUT2D eigenvalue weighted by atomic mass is 9.93. The van der Waals surface area contributed by atoms with Crippen molar-refractivity contribution in [1.82, 2.24) is 0 Å². The van der Waals surface area contributed by atoms with Gasteiger partial charge in [-0.3, -0.25) is 0 Å². The normalized spacial score (nSPS) is 14.1. The van der Waals surface area contributed by atoms with E-state index in [4.69, 9.17) is 0 Å². The fourth-order valence-corrected chi connectivity index (χ4v) is 1.39. The minimum atomic E-state index is -1.09. The zero-order valence-corrected chi connectivity index (χ0v) is 8.99. The maximum atomic E-state index is 9.83. The molecule has 0 aliphatic carbocycles. The van der Waals surface area contributed by atoms with E-state index in [9.17, 15) is 10.2 Å². The molecule has 14 heavy (non-hydrogen) atoms. The van der Waals surface area contributed by atoms with Crippen LogP contribution in [0.1, 0.15) is 38.0 Å². The van der Waals surface area contributed by atoms with Gasteiger partial charge in [0.05, 0.1) is 5.60 Å². The van der Waals surface area contributed by atoms with Crippen LogP contribution in [-0.2, 0) is 6.42 Å². The third-order valence-corrected chi connectivity index (χ3v) is 2.34. The summed E-state index contributed by atoms with van der Waals surface area (Å²) in [4.78, 5) is 0. The lowest BCUT2D eigenvalue weighted by Crippen LogP contribution is -2.28. The Bertz CT molecular complexity index is 299. The molecule has 1 unspecified atom stereocenters. The van der Waals surface area contributed by atoms with Crippen LogP contribution in [0.15, 0.2) is 24.3 Å². The van der Waals surface area contributed by atoms with E-state index < -0.39 is 11.7 Å². The molecule has 0 amide bonds. The topological polar surface area (TPSA) is 40.5 Å². The smallest absolute Gasteiger partial charge is 0.107 e. The van der Waals surface area contributed by atoms with E-state index in [0.717, 1.165) is 12.0 Å². The van der Waals surface area contributed by atoms with E-state index in [2.05, 4.69) is 6.92 Å². The summed E-state index contributed by atoms with van der Waals surface area (Å²) in [6, 6.07) is 7.69. The second-order valence-corrected chi connectivity index (χ2v) is 4.15. The van der Waals surface area contributed by atoms with Crippen molar-refractivity contribution in [1.29, 1.82) is 0 Å². The number of rotatable bonds is 3. The largest absolute Gasteiger partial charge is 0.387 e. The summed E-state index contributed by atoms with van der Waals surface area (Å²) in [6.45, 7) is 5.28. The summed E-state index contributed by atoms with van der Waals surface area (Å²) in [5, 5.41) is 19.5. The summed E-state index contributed by atoms with van der Waals surface area (Å²) >= 11 is 0. The summed E-state index contributed by atoms with van der Waals surface area (Å²) in [6.07, 6.45) is 0.112. The Morgan fingerprint density at radius 1 is 1.36 bits per heavy atom. The average Bonchev–Trinajstić information content (AvgIpc) is 2.15. The fraction of sp³-hybridized carbons (Fsp3) is 0.500. The molecule has 1 rings (SSSR count). The van der Waals surface area contributed by atoms with Crippen LogP contribution in [0, 0.1) is 0 Å². The van der Waals surface area contributed by atoms with Crippen LogP contribution in [0.5, 0.6) is 0 Å². The highest BCUT2D eigenvalue weighted by Crippen LogP contribution is 2.25. The SMILES string of the molecule is CCc1cccc(C(O)C(C)(C)O)c1. The van der Waals surface area contributed by atoms with Crippen molar-refractivity contribution in [2.24, 2.45) is 0 Å². The van der Waals surface area contributed by atoms with Crippen molar-refractivity contribution in [2.75, 3.05) is 0 Å². The number of aliphatic hydroxyl groups excluding tert-OH is 1. The third kappa shape index (κ3) is 2.56. The number of hydrogen-bond acceptors (Lipinski definition) is 2. The van der Waals surface area contributed by atoms with E-state index in [1.807, 2.05) is 24.3 Å². The van der Waals surface area contributed by atoms with Gasteiger partial charge in [-0.25, -0.2) is 0 Å². The number of hydrogen-bond donors (Lipinski definition) is 2. The van der Waals surface area contributed by atoms with Crippen molar-refractivity contribution >= 4 is 0 Å². The Balaban J connectivity index is 2.95. The van der Waals surface area contributed by atoms with Crippen molar-refractivity contribution in [3.8, 4) is 0 Å². The maximum absolute atomic E-state index is 9.83. The summed E-state index contributed by atoms with van der Waals surface area (Å²) in [5.74, 6) is 0. The molecule has 2 heteroatoms. The first-order chi connectivity index (χ1) is 6.45. The van der Waals surface area contributed by atoms with Gasteiger partial charge in [-0.2, -0.15) is 0 Å². The Morgan fingerprint density at radius 3 is 2.50 bits per heavy atom. The molecule has 1 aromatic carbocycles. The lowest BCUT2D eigenvalue weighted by molar-refractivity contribution is -0.0497. The molecule has 0 radical (unpaired) electrons. The predicted octanol–water partition coefficient (Wildman–Crippen LogP) is 2.05. The molecule has 0 heterocycles. The number of benzene rings is 1. The number of aryl methyl sites for hydroxylation is 1. The highest BCUT2D eigenvalue weighted by molar-refractivity contribution is 5.26. The van der Waals surface area contributed by atoms with E-state index in [0.29, 0.717) is 0 Å². The number of aliphatic hydroxyl groups is 2. The molecule has 2 nitrogen and oxygen atoms in total. The van der Waals surface area contributed by atoms with Gasteiger partial charge >= 0.3 is 0 Å². The van der Waals surface area contributed by atoms with Crippen LogP contribution in [0.3, 0.4) is 0 Å². The standard InChI is InChI=1S/C12H18O2/c1-4-9-6-5-7-10(8-9)11(13)12(2,3)14/h5-8,11,13-14H,4H2,1-3H3. The van der Waals surface area contributed by atoms with Crippen LogP contribution in [-0.4, -0.2) is 15.8 Å². The van der Waals surface area contributed by atoms with Gasteiger partial charge in [0.2, 0.25) is 0 Å². The van der Waals surface area contributed by atoms with Gasteiger partial charge < -0.3 is 10.2 Å². The van der Waals surface area contributed by atoms with Gasteiger partial charge in [-0.05, 0) is 31.4 Å². The van der Waals surface area contributed by atoms with Crippen LogP contribution in [0.25, 0.3) is 0 Å². The summed E-state index contributed by atoms with van der Waals surface area (Å²) in [5.41, 5.74) is 0.856. The van der Waals surface area contributed by atoms with Gasteiger partial charge in [0.25, 0.3) is 0 Å². The van der Waals surface area contributed by atoms with Gasteiger partial charge in [-0.15, -0.1) is 0 Å². The van der Waals surface area contributed by atoms with Crippen LogP contribution < -0.4 is 0 Å². The highest BCUT2D eigenvalue weighted by atomic mass is 16.3. The monoisotopic (exact) mass is 194 g/mol. The third-order valence-electron chi connectivity index (χ3n) is 2.34. The van der Waals surface area contributed by atoms with E-state index >= 15 is 0 Å². The molecule has 0 fully saturated rings. The van der Waals surface area contributed by atoms with Crippen LogP contribution in [0.2, 0.25) is 0 Å². The first-order valence-corrected chi connectivity index (χ1v) is 4.94. The quantitative estimate of drug-likeness (QED) is 0.773. The molecule has 0 saturated heterocycles. The Morgan fingerprint density at radius 2 is 2.00 bits per heavy atom. The average molecular weight is 194 g/mol. The summed E-state index contributed by atoms with van der Waals surface area (Å²) in [7, 11) is 0. The van der Waals surface area contributed by atoms with Crippen molar-refractivity contribution in [3.63, 3.8) is 0 Å². The van der Waals surface area contributed by atoms with Gasteiger partial charge in [0.1, 0.15) is 6.10 Å². The van der Waals surface area contributed by atoms with E-state index in [-0.39, 0.29) is 0 Å². The first kappa shape index (κ1) is 11.2. The van der Waals surface area contributed by atoms with Crippen LogP contribution >= 0.6 is 0 Å². The van der Waals surface area contributed by atoms with Gasteiger partial charge in [-0.1, -0.05) is 31.2 Å². The molecule has 0 aliphatic heterocycles. The highest BCUT2D eigenvalue weighted by Gasteiger charge is 2.25. The second-order valence-electron chi connectivity index (χ2n) is 4.15. The molecule has 0 bridgehead atoms. The fourth-order valence-electron chi connectivity index (χ4n) is 1.39. The van der Waals surface area contributed by atoms with Gasteiger partial charge in [0.15, 0.2) is 0 Å². The molecule has 2 N–H and O–H groups in total. The Labute approximate surface area is 85.2 Å². The molecule has 0 saturated carbocycles. The second kappa shape index (κ2) is 4.11. The van der Waals surface area contributed by atoms with Crippen LogP contribution in [0.4, 0.5) is 0 Å². The van der Waals surface area contributed by atoms with Crippen molar-refractivity contribution in [3.05, 3.63) is 35.4 Å². The minimum Gasteiger partial charge on any atom is -0.387 e. The molecule has 0 aromatic heterocycles. The first-order valence-electron chi connectivity index (χ1n) is 4.94.